The highest BCUT2D eigenvalue weighted by molar-refractivity contribution is 5.92. The number of nitrogens with zero attached hydrogens (tertiary/aromatic N) is 2. The summed E-state index contributed by atoms with van der Waals surface area (Å²) in [4.78, 5) is 11.4. The molecule has 0 aliphatic rings. The fourth-order valence-corrected chi connectivity index (χ4v) is 2.71. The van der Waals surface area contributed by atoms with Gasteiger partial charge in [0.15, 0.2) is 0 Å². The molecule has 0 aliphatic carbocycles. The molecule has 6 nitrogen and oxygen atoms in total. The van der Waals surface area contributed by atoms with E-state index in [0.717, 1.165) is 10.8 Å². The van der Waals surface area contributed by atoms with E-state index in [9.17, 15) is 9.90 Å². The predicted molar refractivity (Wildman–Crippen MR) is 112 cm³/mol. The summed E-state index contributed by atoms with van der Waals surface area (Å²) in [7, 11) is 0. The molecule has 0 aliphatic heterocycles. The number of phenols is 1. The minimum absolute atomic E-state index is 0.0371. The first-order valence-electron chi connectivity index (χ1n) is 9.14. The molecule has 0 bridgehead atoms. The number of aromatic hydroxyl groups is 1. The minimum Gasteiger partial charge on any atom is -0.505 e. The highest BCUT2D eigenvalue weighted by atomic mass is 16.6. The van der Waals surface area contributed by atoms with Gasteiger partial charge in [0.05, 0.1) is 5.69 Å². The third-order valence-electron chi connectivity index (χ3n) is 4.22. The van der Waals surface area contributed by atoms with Crippen LogP contribution in [0.2, 0.25) is 0 Å². The van der Waals surface area contributed by atoms with Gasteiger partial charge in [0.25, 0.3) is 0 Å². The molecule has 0 amide bonds. The van der Waals surface area contributed by atoms with Crippen molar-refractivity contribution in [2.45, 2.75) is 13.8 Å². The number of carbonyl (C=O) groups is 1. The number of esters is 1. The van der Waals surface area contributed by atoms with E-state index in [-0.39, 0.29) is 19.0 Å². The van der Waals surface area contributed by atoms with Crippen LogP contribution in [0.1, 0.15) is 12.5 Å². The highest BCUT2D eigenvalue weighted by Crippen LogP contribution is 2.36. The molecule has 0 saturated heterocycles. The van der Waals surface area contributed by atoms with E-state index in [1.807, 2.05) is 42.5 Å². The number of aryl methyl sites for hydroxylation is 1. The average Bonchev–Trinajstić information content (AvgIpc) is 2.72. The zero-order valence-corrected chi connectivity index (χ0v) is 16.4. The molecule has 0 spiro atoms. The van der Waals surface area contributed by atoms with E-state index in [4.69, 9.17) is 9.47 Å². The maximum absolute atomic E-state index is 11.4. The molecule has 0 unspecified atom stereocenters. The van der Waals surface area contributed by atoms with Crippen LogP contribution < -0.4 is 4.74 Å². The number of ether oxygens (including phenoxy) is 2. The summed E-state index contributed by atoms with van der Waals surface area (Å²) < 4.78 is 10.6. The molecule has 0 saturated carbocycles. The number of hydrogen-bond acceptors (Lipinski definition) is 6. The Bertz CT molecular complexity index is 1080. The highest BCUT2D eigenvalue weighted by Gasteiger charge is 2.09. The lowest BCUT2D eigenvalue weighted by molar-refractivity contribution is -0.139. The SMILES string of the molecule is C=C(C)C(=O)OCCOc1cc(C)c(O)c(N=Nc2cccc3ccccc23)c1. The van der Waals surface area contributed by atoms with Crippen molar-refractivity contribution in [2.75, 3.05) is 13.2 Å². The smallest absolute Gasteiger partial charge is 0.333 e. The molecule has 148 valence electrons. The third-order valence-corrected chi connectivity index (χ3v) is 4.22. The van der Waals surface area contributed by atoms with E-state index in [1.165, 1.54) is 0 Å². The fourth-order valence-electron chi connectivity index (χ4n) is 2.71. The second kappa shape index (κ2) is 9.01. The van der Waals surface area contributed by atoms with E-state index < -0.39 is 5.97 Å². The maximum atomic E-state index is 11.4. The molecule has 0 fully saturated rings. The number of rotatable bonds is 7. The molecule has 3 aromatic carbocycles. The molecule has 3 aromatic rings. The Labute approximate surface area is 169 Å². The van der Waals surface area contributed by atoms with Gasteiger partial charge in [0.1, 0.15) is 30.4 Å². The summed E-state index contributed by atoms with van der Waals surface area (Å²) in [5.41, 5.74) is 1.94. The maximum Gasteiger partial charge on any atom is 0.333 e. The molecule has 6 heteroatoms. The molecule has 0 atom stereocenters. The first-order chi connectivity index (χ1) is 14.0. The van der Waals surface area contributed by atoms with Crippen LogP contribution in [-0.2, 0) is 9.53 Å². The number of hydrogen-bond donors (Lipinski definition) is 1. The van der Waals surface area contributed by atoms with E-state index in [0.29, 0.717) is 28.3 Å². The lowest BCUT2D eigenvalue weighted by Gasteiger charge is -2.10. The summed E-state index contributed by atoms with van der Waals surface area (Å²) in [6.45, 7) is 7.12. The van der Waals surface area contributed by atoms with Crippen molar-refractivity contribution in [3.05, 3.63) is 72.3 Å². The monoisotopic (exact) mass is 390 g/mol. The summed E-state index contributed by atoms with van der Waals surface area (Å²) in [5, 5.41) is 20.9. The van der Waals surface area contributed by atoms with Gasteiger partial charge in [-0.25, -0.2) is 4.79 Å². The first kappa shape index (κ1) is 20.1. The van der Waals surface area contributed by atoms with Crippen LogP contribution in [0, 0.1) is 6.92 Å². The molecule has 0 radical (unpaired) electrons. The minimum atomic E-state index is -0.458. The molecule has 1 N–H and O–H groups in total. The van der Waals surface area contributed by atoms with E-state index in [1.54, 1.807) is 26.0 Å². The Balaban J connectivity index is 1.76. The van der Waals surface area contributed by atoms with Gasteiger partial charge in [-0.05, 0) is 36.9 Å². The molecule has 0 heterocycles. The Morgan fingerprint density at radius 1 is 1.03 bits per heavy atom. The fraction of sp³-hybridized carbons (Fsp3) is 0.174. The van der Waals surface area contributed by atoms with Crippen LogP contribution in [0.15, 0.2) is 77.0 Å². The Hall–Kier alpha value is -3.67. The molecular formula is C23H22N2O4. The van der Waals surface area contributed by atoms with E-state index in [2.05, 4.69) is 16.8 Å². The predicted octanol–water partition coefficient (Wildman–Crippen LogP) is 5.77. The lowest BCUT2D eigenvalue weighted by atomic mass is 10.1. The molecule has 29 heavy (non-hydrogen) atoms. The van der Waals surface area contributed by atoms with Crippen molar-refractivity contribution in [3.63, 3.8) is 0 Å². The van der Waals surface area contributed by atoms with Crippen molar-refractivity contribution in [1.29, 1.82) is 0 Å². The largest absolute Gasteiger partial charge is 0.505 e. The number of benzene rings is 3. The second-order valence-corrected chi connectivity index (χ2v) is 6.57. The van der Waals surface area contributed by atoms with Crippen molar-refractivity contribution in [2.24, 2.45) is 10.2 Å². The van der Waals surface area contributed by atoms with Crippen LogP contribution >= 0.6 is 0 Å². The standard InChI is InChI=1S/C23H22N2O4/c1-15(2)23(27)29-12-11-28-18-13-16(3)22(26)21(14-18)25-24-20-10-6-8-17-7-4-5-9-19(17)20/h4-10,13-14,26H,1,11-12H2,2-3H3. The van der Waals surface area contributed by atoms with Gasteiger partial charge < -0.3 is 14.6 Å². The van der Waals surface area contributed by atoms with Crippen molar-refractivity contribution in [1.82, 2.24) is 0 Å². The van der Waals surface area contributed by atoms with Gasteiger partial charge >= 0.3 is 5.97 Å². The van der Waals surface area contributed by atoms with Gasteiger partial charge in [-0.2, -0.15) is 0 Å². The molecule has 0 aromatic heterocycles. The quantitative estimate of drug-likeness (QED) is 0.240. The summed E-state index contributed by atoms with van der Waals surface area (Å²) in [6, 6.07) is 17.0. The van der Waals surface area contributed by atoms with Crippen LogP contribution in [0.3, 0.4) is 0 Å². The Morgan fingerprint density at radius 3 is 2.55 bits per heavy atom. The number of fused-ring (bicyclic) bond motifs is 1. The van der Waals surface area contributed by atoms with Crippen molar-refractivity contribution in [3.8, 4) is 11.5 Å². The van der Waals surface area contributed by atoms with Gasteiger partial charge in [0, 0.05) is 17.0 Å². The third kappa shape index (κ3) is 4.99. The number of azo groups is 1. The summed E-state index contributed by atoms with van der Waals surface area (Å²) >= 11 is 0. The average molecular weight is 390 g/mol. The van der Waals surface area contributed by atoms with Crippen LogP contribution in [0.25, 0.3) is 10.8 Å². The zero-order valence-electron chi connectivity index (χ0n) is 16.4. The normalized spacial score (nSPS) is 11.0. The van der Waals surface area contributed by atoms with Crippen molar-refractivity contribution >= 4 is 28.1 Å². The van der Waals surface area contributed by atoms with Crippen LogP contribution in [-0.4, -0.2) is 24.3 Å². The van der Waals surface area contributed by atoms with Gasteiger partial charge in [-0.1, -0.05) is 43.0 Å². The van der Waals surface area contributed by atoms with Crippen molar-refractivity contribution < 1.29 is 19.4 Å². The number of phenolic OH excluding ortho intramolecular Hbond substituents is 1. The molecule has 3 rings (SSSR count). The second-order valence-electron chi connectivity index (χ2n) is 6.57. The topological polar surface area (TPSA) is 80.5 Å². The zero-order chi connectivity index (χ0) is 20.8. The molecular weight excluding hydrogens is 368 g/mol. The van der Waals surface area contributed by atoms with Gasteiger partial charge in [-0.15, -0.1) is 10.2 Å². The van der Waals surface area contributed by atoms with E-state index >= 15 is 0 Å². The number of carbonyl (C=O) groups excluding carboxylic acids is 1. The van der Waals surface area contributed by atoms with Crippen LogP contribution in [0.4, 0.5) is 11.4 Å². The summed E-state index contributed by atoms with van der Waals surface area (Å²) in [6.07, 6.45) is 0. The Kier molecular flexibility index (Phi) is 6.24. The van der Waals surface area contributed by atoms with Gasteiger partial charge in [0.2, 0.25) is 0 Å². The summed E-state index contributed by atoms with van der Waals surface area (Å²) in [5.74, 6) is 0.0775. The van der Waals surface area contributed by atoms with Gasteiger partial charge in [-0.3, -0.25) is 0 Å². The van der Waals surface area contributed by atoms with Crippen LogP contribution in [0.5, 0.6) is 11.5 Å². The lowest BCUT2D eigenvalue weighted by Crippen LogP contribution is -2.12. The first-order valence-corrected chi connectivity index (χ1v) is 9.14. The Morgan fingerprint density at radius 2 is 1.76 bits per heavy atom.